The number of carbonyl (C=O) groups is 2. The van der Waals surface area contributed by atoms with E-state index in [1.807, 2.05) is 31.2 Å². The Morgan fingerprint density at radius 1 is 0.526 bits per heavy atom. The van der Waals surface area contributed by atoms with Gasteiger partial charge in [-0.05, 0) is 106 Å². The van der Waals surface area contributed by atoms with E-state index >= 15 is 0 Å². The molecule has 1 aliphatic rings. The van der Waals surface area contributed by atoms with Crippen molar-refractivity contribution in [1.29, 1.82) is 0 Å². The van der Waals surface area contributed by atoms with Crippen LogP contribution in [0.3, 0.4) is 0 Å². The lowest BCUT2D eigenvalue weighted by molar-refractivity contribution is -0.122. The predicted octanol–water partition coefficient (Wildman–Crippen LogP) is 10.9. The van der Waals surface area contributed by atoms with Crippen LogP contribution in [0.25, 0.3) is 0 Å². The Labute approximate surface area is 328 Å². The van der Waals surface area contributed by atoms with Gasteiger partial charge >= 0.3 is 0 Å². The van der Waals surface area contributed by atoms with Crippen molar-refractivity contribution in [3.8, 4) is 23.0 Å². The van der Waals surface area contributed by atoms with Gasteiger partial charge in [0.2, 0.25) is 11.8 Å². The molecule has 2 amide bonds. The van der Waals surface area contributed by atoms with E-state index in [2.05, 4.69) is 0 Å². The highest BCUT2D eigenvalue weighted by molar-refractivity contribution is 6.21. The Balaban J connectivity index is 0.963. The molecule has 4 aromatic carbocycles. The average molecular weight is 800 g/mol. The molecule has 0 N–H and O–H groups in total. The van der Waals surface area contributed by atoms with E-state index in [0.717, 1.165) is 74.1 Å². The number of carbonyl (C=O) groups excluding carboxylic acids is 2. The number of hydrogen-bond acceptors (Lipinski definition) is 6. The fraction of sp³-hybridized carbons (Fsp3) is 0.409. The summed E-state index contributed by atoms with van der Waals surface area (Å²) in [7, 11) is 0. The molecule has 1 aliphatic heterocycles. The van der Waals surface area contributed by atoms with Crippen molar-refractivity contribution in [2.24, 2.45) is 11.8 Å². The molecule has 3 unspecified atom stereocenters. The number of amides is 2. The Morgan fingerprint density at radius 2 is 0.895 bits per heavy atom. The summed E-state index contributed by atoms with van der Waals surface area (Å²) >= 11 is 0. The number of rotatable bonds is 22. The zero-order valence-corrected chi connectivity index (χ0v) is 32.0. The Morgan fingerprint density at radius 3 is 1.30 bits per heavy atom. The number of ether oxygens (including phenoxy) is 4. The van der Waals surface area contributed by atoms with E-state index in [1.165, 1.54) is 4.90 Å². The molecule has 0 aliphatic carbocycles. The van der Waals surface area contributed by atoms with Crippen LogP contribution in [0.2, 0.25) is 0 Å². The van der Waals surface area contributed by atoms with E-state index in [-0.39, 0.29) is 42.4 Å². The maximum atomic E-state index is 13.6. The molecular weight excluding hydrogens is 752 g/mol. The number of benzene rings is 4. The highest BCUT2D eigenvalue weighted by Crippen LogP contribution is 2.37. The molecule has 1 saturated heterocycles. The van der Waals surface area contributed by atoms with Gasteiger partial charge in [-0.1, -0.05) is 26.0 Å². The van der Waals surface area contributed by atoms with Gasteiger partial charge in [-0.3, -0.25) is 14.5 Å². The topological polar surface area (TPSA) is 74.3 Å². The van der Waals surface area contributed by atoms with Crippen LogP contribution in [0, 0.1) is 46.7 Å². The lowest BCUT2D eigenvalue weighted by Crippen LogP contribution is -2.30. The van der Waals surface area contributed by atoms with Crippen molar-refractivity contribution in [3.05, 3.63) is 113 Å². The highest BCUT2D eigenvalue weighted by Gasteiger charge is 2.46. The van der Waals surface area contributed by atoms with Crippen LogP contribution in [0.5, 0.6) is 23.0 Å². The van der Waals surface area contributed by atoms with Gasteiger partial charge in [0.25, 0.3) is 0 Å². The quantitative estimate of drug-likeness (QED) is 0.0341. The van der Waals surface area contributed by atoms with Gasteiger partial charge in [-0.25, -0.2) is 26.3 Å². The first kappa shape index (κ1) is 42.9. The van der Waals surface area contributed by atoms with Crippen molar-refractivity contribution >= 4 is 17.5 Å². The van der Waals surface area contributed by atoms with Crippen LogP contribution in [0.15, 0.2) is 72.8 Å². The van der Waals surface area contributed by atoms with Gasteiger partial charge < -0.3 is 18.9 Å². The number of unbranched alkanes of at least 4 members (excludes halogenated alkanes) is 6. The van der Waals surface area contributed by atoms with Gasteiger partial charge in [-0.15, -0.1) is 0 Å². The number of nitrogens with zero attached hydrogens (tertiary/aromatic N) is 1. The highest BCUT2D eigenvalue weighted by atomic mass is 19.2. The molecule has 0 spiro atoms. The Bertz CT molecular complexity index is 1900. The van der Waals surface area contributed by atoms with Gasteiger partial charge in [0.15, 0.2) is 34.9 Å². The normalized spacial score (nSPS) is 15.9. The number of imide groups is 1. The smallest absolute Gasteiger partial charge is 0.237 e. The Hall–Kier alpha value is -5.20. The van der Waals surface area contributed by atoms with Gasteiger partial charge in [0.1, 0.15) is 23.0 Å². The molecule has 0 aromatic heterocycles. The van der Waals surface area contributed by atoms with Crippen molar-refractivity contribution in [2.45, 2.75) is 77.6 Å². The van der Waals surface area contributed by atoms with Gasteiger partial charge in [-0.2, -0.15) is 0 Å². The lowest BCUT2D eigenvalue weighted by Gasteiger charge is -2.19. The molecule has 5 rings (SSSR count). The van der Waals surface area contributed by atoms with E-state index in [1.54, 1.807) is 31.2 Å². The molecule has 306 valence electrons. The lowest BCUT2D eigenvalue weighted by atomic mass is 9.85. The average Bonchev–Trinajstić information content (AvgIpc) is 3.40. The summed E-state index contributed by atoms with van der Waals surface area (Å²) in [4.78, 5) is 28.1. The summed E-state index contributed by atoms with van der Waals surface area (Å²) in [6.45, 7) is 5.30. The summed E-state index contributed by atoms with van der Waals surface area (Å²) in [5.41, 5.74) is 1.52. The van der Waals surface area contributed by atoms with Crippen LogP contribution in [-0.2, 0) is 9.59 Å². The van der Waals surface area contributed by atoms with Crippen molar-refractivity contribution in [3.63, 3.8) is 0 Å². The van der Waals surface area contributed by atoms with Crippen molar-refractivity contribution in [1.82, 2.24) is 0 Å². The van der Waals surface area contributed by atoms with E-state index in [0.29, 0.717) is 43.9 Å². The molecule has 7 nitrogen and oxygen atoms in total. The zero-order valence-electron chi connectivity index (χ0n) is 32.0. The maximum Gasteiger partial charge on any atom is 0.237 e. The molecule has 0 bridgehead atoms. The van der Waals surface area contributed by atoms with Crippen LogP contribution in [0.1, 0.15) is 83.1 Å². The summed E-state index contributed by atoms with van der Waals surface area (Å²) < 4.78 is 102. The third kappa shape index (κ3) is 11.9. The third-order valence-corrected chi connectivity index (χ3v) is 9.97. The van der Waals surface area contributed by atoms with Crippen LogP contribution >= 0.6 is 0 Å². The van der Waals surface area contributed by atoms with Gasteiger partial charge in [0.05, 0.1) is 38.0 Å². The fourth-order valence-electron chi connectivity index (χ4n) is 6.63. The molecule has 4 aromatic rings. The minimum atomic E-state index is -1.52. The molecule has 13 heteroatoms. The zero-order chi connectivity index (χ0) is 40.9. The largest absolute Gasteiger partial charge is 0.494 e. The van der Waals surface area contributed by atoms with Crippen LogP contribution in [-0.4, -0.2) is 38.2 Å². The summed E-state index contributed by atoms with van der Waals surface area (Å²) in [5.74, 6) is -8.34. The minimum absolute atomic E-state index is 0.0144. The first-order chi connectivity index (χ1) is 27.4. The molecule has 57 heavy (non-hydrogen) atoms. The van der Waals surface area contributed by atoms with Crippen molar-refractivity contribution in [2.75, 3.05) is 31.3 Å². The monoisotopic (exact) mass is 799 g/mol. The molecule has 1 fully saturated rings. The second-order valence-corrected chi connectivity index (χ2v) is 14.2. The summed E-state index contributed by atoms with van der Waals surface area (Å²) in [6, 6.07) is 17.9. The minimum Gasteiger partial charge on any atom is -0.494 e. The van der Waals surface area contributed by atoms with Gasteiger partial charge in [0, 0.05) is 30.2 Å². The number of halogens is 6. The van der Waals surface area contributed by atoms with E-state index < -0.39 is 46.7 Å². The first-order valence-electron chi connectivity index (χ1n) is 19.3. The molecular formula is C44H47F6NO6. The standard InChI is InChI=1S/C44H47F6NO6/c1-28(30-11-15-32(16-12-30)54-19-7-3-5-9-21-56-34-24-37(45)41(49)38(46)25-34)23-36-29(2)43(52)51(44(36)53)31-13-17-33(18-14-31)55-20-8-4-6-10-22-57-35-26-39(47)42(50)40(48)27-35/h11-18,24-29,36H,3-10,19-23H2,1-2H3. The van der Waals surface area contributed by atoms with E-state index in [4.69, 9.17) is 18.9 Å². The molecule has 1 heterocycles. The Kier molecular flexibility index (Phi) is 15.7. The van der Waals surface area contributed by atoms with Crippen LogP contribution in [0.4, 0.5) is 32.0 Å². The summed E-state index contributed by atoms with van der Waals surface area (Å²) in [6.07, 6.45) is 6.71. The number of anilines is 1. The molecule has 3 atom stereocenters. The maximum absolute atomic E-state index is 13.6. The number of hydrogen-bond donors (Lipinski definition) is 0. The third-order valence-electron chi connectivity index (χ3n) is 9.97. The molecule has 0 saturated carbocycles. The second-order valence-electron chi connectivity index (χ2n) is 14.2. The fourth-order valence-corrected chi connectivity index (χ4v) is 6.63. The molecule has 0 radical (unpaired) electrons. The van der Waals surface area contributed by atoms with Crippen LogP contribution < -0.4 is 23.8 Å². The summed E-state index contributed by atoms with van der Waals surface area (Å²) in [5, 5.41) is 0. The predicted molar refractivity (Wildman–Crippen MR) is 203 cm³/mol. The second kappa shape index (κ2) is 20.8. The van der Waals surface area contributed by atoms with E-state index in [9.17, 15) is 35.9 Å². The first-order valence-corrected chi connectivity index (χ1v) is 19.3. The SMILES string of the molecule is CC(CC1C(=O)N(c2ccc(OCCCCCCOc3cc(F)c(F)c(F)c3)cc2)C(=O)C1C)c1ccc(OCCCCCCOc2cc(F)c(F)c(F)c2)cc1. The van der Waals surface area contributed by atoms with Crippen molar-refractivity contribution < 1.29 is 54.9 Å².